The normalized spacial score (nSPS) is 18.9. The van der Waals surface area contributed by atoms with Crippen molar-refractivity contribution >= 4 is 23.5 Å². The predicted molar refractivity (Wildman–Crippen MR) is 143 cm³/mol. The first kappa shape index (κ1) is 28.7. The number of halogens is 3. The highest BCUT2D eigenvalue weighted by Crippen LogP contribution is 2.32. The van der Waals surface area contributed by atoms with E-state index < -0.39 is 42.1 Å². The summed E-state index contributed by atoms with van der Waals surface area (Å²) < 4.78 is 42.0. The van der Waals surface area contributed by atoms with Crippen molar-refractivity contribution in [3.63, 3.8) is 0 Å². The van der Waals surface area contributed by atoms with Crippen LogP contribution in [0.15, 0.2) is 78.9 Å². The lowest BCUT2D eigenvalue weighted by molar-refractivity contribution is -0.274. The summed E-state index contributed by atoms with van der Waals surface area (Å²) in [7, 11) is 0. The van der Waals surface area contributed by atoms with Gasteiger partial charge in [0.15, 0.2) is 5.78 Å². The molecule has 2 unspecified atom stereocenters. The van der Waals surface area contributed by atoms with Crippen LogP contribution in [0, 0.1) is 0 Å². The Morgan fingerprint density at radius 2 is 1.64 bits per heavy atom. The molecule has 0 radical (unpaired) electrons. The average Bonchev–Trinajstić information content (AvgIpc) is 3.54. The number of carbonyl (C=O) groups is 4. The second-order valence-corrected chi connectivity index (χ2v) is 10.1. The van der Waals surface area contributed by atoms with Crippen molar-refractivity contribution < 1.29 is 42.2 Å². The molecule has 0 aliphatic carbocycles. The van der Waals surface area contributed by atoms with Crippen LogP contribution in [0.5, 0.6) is 11.5 Å². The van der Waals surface area contributed by atoms with Crippen LogP contribution >= 0.6 is 0 Å². The van der Waals surface area contributed by atoms with Crippen LogP contribution in [-0.2, 0) is 16.0 Å². The molecule has 2 saturated heterocycles. The van der Waals surface area contributed by atoms with Gasteiger partial charge in [-0.15, -0.1) is 13.2 Å². The number of amides is 3. The number of nitrogens with zero attached hydrogens (tertiary/aromatic N) is 2. The number of ether oxygens (including phenoxy) is 1. The lowest BCUT2D eigenvalue weighted by Crippen LogP contribution is -2.53. The maximum Gasteiger partial charge on any atom is 0.573 e. The zero-order valence-electron chi connectivity index (χ0n) is 22.1. The van der Waals surface area contributed by atoms with Gasteiger partial charge in [-0.2, -0.15) is 0 Å². The molecule has 0 spiro atoms. The molecule has 2 aliphatic heterocycles. The van der Waals surface area contributed by atoms with Crippen LogP contribution in [0.25, 0.3) is 0 Å². The summed E-state index contributed by atoms with van der Waals surface area (Å²) in [4.78, 5) is 56.1. The van der Waals surface area contributed by atoms with E-state index in [1.54, 1.807) is 42.5 Å². The summed E-state index contributed by atoms with van der Waals surface area (Å²) in [6, 6.07) is 16.3. The Morgan fingerprint density at radius 3 is 2.33 bits per heavy atom. The Kier molecular flexibility index (Phi) is 7.88. The van der Waals surface area contributed by atoms with E-state index in [-0.39, 0.29) is 42.5 Å². The van der Waals surface area contributed by atoms with E-state index in [1.807, 2.05) is 0 Å². The van der Waals surface area contributed by atoms with Crippen molar-refractivity contribution in [1.82, 2.24) is 15.1 Å². The molecule has 3 amide bonds. The van der Waals surface area contributed by atoms with Crippen LogP contribution in [0.3, 0.4) is 0 Å². The number of phenols is 1. The predicted octanol–water partition coefficient (Wildman–Crippen LogP) is 3.33. The van der Waals surface area contributed by atoms with E-state index in [9.17, 15) is 37.5 Å². The maximum absolute atomic E-state index is 13.9. The van der Waals surface area contributed by atoms with E-state index in [4.69, 9.17) is 0 Å². The summed E-state index contributed by atoms with van der Waals surface area (Å²) >= 11 is 0. The molecular formula is C30H26F3N3O6. The Morgan fingerprint density at radius 1 is 0.952 bits per heavy atom. The highest BCUT2D eigenvalue weighted by atomic mass is 19.4. The summed E-state index contributed by atoms with van der Waals surface area (Å²) in [5, 5.41) is 12.2. The molecule has 2 heterocycles. The lowest BCUT2D eigenvalue weighted by atomic mass is 10.0. The lowest BCUT2D eigenvalue weighted by Gasteiger charge is -2.28. The second-order valence-electron chi connectivity index (χ2n) is 10.1. The molecule has 2 fully saturated rings. The number of Topliss-reactive ketones (excluding diaryl/α,β-unsaturated/α-hetero) is 1. The molecule has 0 bridgehead atoms. The minimum atomic E-state index is -4.96. The Balaban J connectivity index is 1.38. The summed E-state index contributed by atoms with van der Waals surface area (Å²) in [6.45, 7) is 0.00313. The quantitative estimate of drug-likeness (QED) is 0.443. The molecule has 2 N–H and O–H groups in total. The summed E-state index contributed by atoms with van der Waals surface area (Å²) in [6.07, 6.45) is -4.63. The number of ketones is 1. The monoisotopic (exact) mass is 581 g/mol. The van der Waals surface area contributed by atoms with Gasteiger partial charge in [0.1, 0.15) is 23.6 Å². The van der Waals surface area contributed by atoms with Gasteiger partial charge < -0.3 is 25.0 Å². The number of likely N-dealkylation sites (tertiary alicyclic amines) is 2. The zero-order valence-corrected chi connectivity index (χ0v) is 22.1. The molecule has 3 atom stereocenters. The van der Waals surface area contributed by atoms with Crippen LogP contribution in [0.1, 0.15) is 32.7 Å². The summed E-state index contributed by atoms with van der Waals surface area (Å²) in [5.74, 6) is -2.63. The van der Waals surface area contributed by atoms with Crippen LogP contribution in [-0.4, -0.2) is 76.0 Å². The molecule has 12 heteroatoms. The van der Waals surface area contributed by atoms with Crippen LogP contribution in [0.4, 0.5) is 13.2 Å². The first-order valence-electron chi connectivity index (χ1n) is 13.1. The second kappa shape index (κ2) is 11.6. The topological polar surface area (TPSA) is 116 Å². The van der Waals surface area contributed by atoms with Gasteiger partial charge in [0, 0.05) is 24.1 Å². The largest absolute Gasteiger partial charge is 0.573 e. The van der Waals surface area contributed by atoms with E-state index in [2.05, 4.69) is 10.1 Å². The fourth-order valence-corrected chi connectivity index (χ4v) is 5.43. The molecule has 0 aromatic heterocycles. The van der Waals surface area contributed by atoms with Crippen molar-refractivity contribution in [3.05, 3.63) is 95.6 Å². The fraction of sp³-hybridized carbons (Fsp3) is 0.267. The fourth-order valence-electron chi connectivity index (χ4n) is 5.43. The molecule has 218 valence electrons. The smallest absolute Gasteiger partial charge is 0.508 e. The first-order chi connectivity index (χ1) is 20.0. The standard InChI is InChI=1S/C30H26F3N3O6/c31-30(32,33)42-22-8-4-7-20(16-22)27(39)34-23(15-18-9-11-21(37)12-10-18)29(41)35-14-13-24-26(35)25(38)17-36(24)28(40)19-5-2-1-3-6-19/h1-12,16,23-24,26,37H,13-15,17H2,(H,34,39)/t23-,24?,26?/m0/s1. The average molecular weight is 582 g/mol. The molecule has 42 heavy (non-hydrogen) atoms. The third-order valence-corrected chi connectivity index (χ3v) is 7.30. The van der Waals surface area contributed by atoms with Crippen LogP contribution in [0.2, 0.25) is 0 Å². The van der Waals surface area contributed by atoms with Crippen molar-refractivity contribution in [1.29, 1.82) is 0 Å². The minimum Gasteiger partial charge on any atom is -0.508 e. The van der Waals surface area contributed by atoms with Gasteiger partial charge in [0.25, 0.3) is 11.8 Å². The first-order valence-corrected chi connectivity index (χ1v) is 13.1. The molecule has 2 aliphatic rings. The SMILES string of the molecule is O=C(N[C@@H](Cc1ccc(O)cc1)C(=O)N1CCC2C1C(=O)CN2C(=O)c1ccccc1)c1cccc(OC(F)(F)F)c1. The number of hydrogen-bond donors (Lipinski definition) is 2. The number of phenolic OH excluding ortho intramolecular Hbond substituents is 1. The van der Waals surface area contributed by atoms with Gasteiger partial charge in [0.05, 0.1) is 12.6 Å². The molecule has 3 aromatic carbocycles. The molecule has 9 nitrogen and oxygen atoms in total. The highest BCUT2D eigenvalue weighted by molar-refractivity contribution is 6.03. The molecule has 5 rings (SSSR count). The Labute approximate surface area is 238 Å². The highest BCUT2D eigenvalue weighted by Gasteiger charge is 2.52. The number of hydrogen-bond acceptors (Lipinski definition) is 6. The molecule has 3 aromatic rings. The number of rotatable bonds is 7. The zero-order chi connectivity index (χ0) is 30.0. The van der Waals surface area contributed by atoms with Gasteiger partial charge in [-0.1, -0.05) is 36.4 Å². The minimum absolute atomic E-state index is 0.00532. The van der Waals surface area contributed by atoms with Gasteiger partial charge in [-0.05, 0) is 54.4 Å². The number of alkyl halides is 3. The van der Waals surface area contributed by atoms with Crippen molar-refractivity contribution in [3.8, 4) is 11.5 Å². The van der Waals surface area contributed by atoms with Crippen molar-refractivity contribution in [2.45, 2.75) is 37.3 Å². The Bertz CT molecular complexity index is 1500. The number of carbonyl (C=O) groups excluding carboxylic acids is 4. The number of aromatic hydroxyl groups is 1. The molecule has 0 saturated carbocycles. The van der Waals surface area contributed by atoms with E-state index in [0.29, 0.717) is 17.5 Å². The Hall–Kier alpha value is -4.87. The van der Waals surface area contributed by atoms with Crippen LogP contribution < -0.4 is 10.1 Å². The number of benzene rings is 3. The third kappa shape index (κ3) is 6.22. The van der Waals surface area contributed by atoms with Gasteiger partial charge in [0.2, 0.25) is 5.91 Å². The molecular weight excluding hydrogens is 555 g/mol. The van der Waals surface area contributed by atoms with Crippen molar-refractivity contribution in [2.24, 2.45) is 0 Å². The number of fused-ring (bicyclic) bond motifs is 1. The van der Waals surface area contributed by atoms with Gasteiger partial charge >= 0.3 is 6.36 Å². The van der Waals surface area contributed by atoms with Gasteiger partial charge in [-0.3, -0.25) is 19.2 Å². The van der Waals surface area contributed by atoms with Gasteiger partial charge in [-0.25, -0.2) is 0 Å². The number of nitrogens with one attached hydrogen (secondary N) is 1. The van der Waals surface area contributed by atoms with Crippen molar-refractivity contribution in [2.75, 3.05) is 13.1 Å². The third-order valence-electron chi connectivity index (χ3n) is 7.30. The van der Waals surface area contributed by atoms with E-state index in [0.717, 1.165) is 12.1 Å². The van der Waals surface area contributed by atoms with E-state index >= 15 is 0 Å². The maximum atomic E-state index is 13.9. The summed E-state index contributed by atoms with van der Waals surface area (Å²) in [5.41, 5.74) is 0.830. The van der Waals surface area contributed by atoms with E-state index in [1.165, 1.54) is 34.1 Å².